The fourth-order valence-corrected chi connectivity index (χ4v) is 4.83. The van der Waals surface area contributed by atoms with E-state index in [2.05, 4.69) is 9.88 Å². The van der Waals surface area contributed by atoms with Gasteiger partial charge in [0.2, 0.25) is 11.8 Å². The molecule has 0 aliphatic heterocycles. The molecular weight excluding hydrogens is 488 g/mol. The molecule has 0 fully saturated rings. The number of hydrogen-bond donors (Lipinski definition) is 1. The molecule has 0 saturated carbocycles. The maximum absolute atomic E-state index is 13.5. The van der Waals surface area contributed by atoms with Crippen molar-refractivity contribution in [2.75, 3.05) is 18.6 Å². The number of benzene rings is 3. The van der Waals surface area contributed by atoms with Crippen molar-refractivity contribution >= 4 is 28.5 Å². The fraction of sp³-hybridized carbons (Fsp3) is 0.344. The summed E-state index contributed by atoms with van der Waals surface area (Å²) in [5.74, 6) is 1.77. The van der Waals surface area contributed by atoms with Gasteiger partial charge in [0.15, 0.2) is 0 Å². The smallest absolute Gasteiger partial charge is 0.247 e. The molecule has 1 N–H and O–H groups in total. The largest absolute Gasteiger partial charge is 0.497 e. The van der Waals surface area contributed by atoms with E-state index in [0.29, 0.717) is 13.0 Å². The standard InChI is InChI=1S/C32H38N4O3/c1-24(2)36(26-12-6-4-7-13-26)32(38)23-35-29-15-10-9-14-28(29)34-30(35)16-8-5-11-21-33-31(37)22-25-17-19-27(39-3)20-18-25/h4,6-7,9-10,12-15,17-20,24H,5,8,11,16,21-23H2,1-3H3,(H,33,37). The van der Waals surface area contributed by atoms with Gasteiger partial charge in [0.1, 0.15) is 18.1 Å². The lowest BCUT2D eigenvalue weighted by molar-refractivity contribution is -0.120. The number of amides is 2. The predicted octanol–water partition coefficient (Wildman–Crippen LogP) is 5.56. The summed E-state index contributed by atoms with van der Waals surface area (Å²) in [4.78, 5) is 32.5. The van der Waals surface area contributed by atoms with E-state index >= 15 is 0 Å². The van der Waals surface area contributed by atoms with E-state index < -0.39 is 0 Å². The van der Waals surface area contributed by atoms with Gasteiger partial charge in [-0.05, 0) is 68.7 Å². The van der Waals surface area contributed by atoms with Crippen molar-refractivity contribution in [3.63, 3.8) is 0 Å². The number of carbonyl (C=O) groups excluding carboxylic acids is 2. The molecule has 0 aliphatic carbocycles. The van der Waals surface area contributed by atoms with Crippen LogP contribution in [0.1, 0.15) is 44.5 Å². The molecule has 1 heterocycles. The van der Waals surface area contributed by atoms with Crippen molar-refractivity contribution in [2.45, 2.75) is 58.5 Å². The van der Waals surface area contributed by atoms with Crippen molar-refractivity contribution in [1.82, 2.24) is 14.9 Å². The first-order valence-electron chi connectivity index (χ1n) is 13.7. The average Bonchev–Trinajstić information content (AvgIpc) is 3.28. The highest BCUT2D eigenvalue weighted by Crippen LogP contribution is 2.21. The number of fused-ring (bicyclic) bond motifs is 1. The maximum atomic E-state index is 13.5. The Morgan fingerprint density at radius 1 is 0.923 bits per heavy atom. The molecule has 204 valence electrons. The van der Waals surface area contributed by atoms with Crippen LogP contribution < -0.4 is 15.0 Å². The van der Waals surface area contributed by atoms with Crippen LogP contribution in [0.25, 0.3) is 11.0 Å². The molecule has 3 aromatic carbocycles. The molecule has 2 amide bonds. The van der Waals surface area contributed by atoms with Crippen LogP contribution in [0.5, 0.6) is 5.75 Å². The van der Waals surface area contributed by atoms with Crippen molar-refractivity contribution in [3.8, 4) is 5.75 Å². The third kappa shape index (κ3) is 7.47. The van der Waals surface area contributed by atoms with Crippen molar-refractivity contribution in [3.05, 3.63) is 90.3 Å². The number of imidazole rings is 1. The van der Waals surface area contributed by atoms with E-state index in [-0.39, 0.29) is 24.4 Å². The second-order valence-corrected chi connectivity index (χ2v) is 9.98. The molecule has 1 aromatic heterocycles. The lowest BCUT2D eigenvalue weighted by Gasteiger charge is -2.27. The van der Waals surface area contributed by atoms with Gasteiger partial charge in [-0.15, -0.1) is 0 Å². The highest BCUT2D eigenvalue weighted by Gasteiger charge is 2.21. The van der Waals surface area contributed by atoms with Crippen LogP contribution in [0.2, 0.25) is 0 Å². The molecular formula is C32H38N4O3. The van der Waals surface area contributed by atoms with Gasteiger partial charge in [0, 0.05) is 24.7 Å². The van der Waals surface area contributed by atoms with Crippen LogP contribution >= 0.6 is 0 Å². The molecule has 4 aromatic rings. The zero-order valence-electron chi connectivity index (χ0n) is 23.1. The van der Waals surface area contributed by atoms with Gasteiger partial charge in [-0.25, -0.2) is 4.98 Å². The second kappa shape index (κ2) is 13.6. The molecule has 0 radical (unpaired) electrons. The first-order chi connectivity index (χ1) is 19.0. The van der Waals surface area contributed by atoms with Gasteiger partial charge in [-0.1, -0.05) is 48.9 Å². The molecule has 7 heteroatoms. The molecule has 0 aliphatic rings. The van der Waals surface area contributed by atoms with E-state index in [1.807, 2.05) is 97.6 Å². The summed E-state index contributed by atoms with van der Waals surface area (Å²) >= 11 is 0. The lowest BCUT2D eigenvalue weighted by atomic mass is 10.1. The van der Waals surface area contributed by atoms with Crippen LogP contribution in [0, 0.1) is 0 Å². The van der Waals surface area contributed by atoms with Gasteiger partial charge >= 0.3 is 0 Å². The zero-order valence-corrected chi connectivity index (χ0v) is 23.1. The van der Waals surface area contributed by atoms with E-state index in [1.54, 1.807) is 7.11 Å². The number of ether oxygens (including phenoxy) is 1. The monoisotopic (exact) mass is 526 g/mol. The summed E-state index contributed by atoms with van der Waals surface area (Å²) in [7, 11) is 1.63. The summed E-state index contributed by atoms with van der Waals surface area (Å²) in [6.07, 6.45) is 3.91. The van der Waals surface area contributed by atoms with Crippen LogP contribution in [0.3, 0.4) is 0 Å². The molecule has 0 saturated heterocycles. The summed E-state index contributed by atoms with van der Waals surface area (Å²) in [5.41, 5.74) is 3.74. The highest BCUT2D eigenvalue weighted by atomic mass is 16.5. The van der Waals surface area contributed by atoms with Crippen LogP contribution in [0.4, 0.5) is 5.69 Å². The molecule has 7 nitrogen and oxygen atoms in total. The number of aromatic nitrogens is 2. The Morgan fingerprint density at radius 3 is 2.36 bits per heavy atom. The number of rotatable bonds is 13. The number of methoxy groups -OCH3 is 1. The lowest BCUT2D eigenvalue weighted by Crippen LogP contribution is -2.39. The molecule has 0 bridgehead atoms. The maximum Gasteiger partial charge on any atom is 0.247 e. The number of carbonyl (C=O) groups is 2. The SMILES string of the molecule is COc1ccc(CC(=O)NCCCCCc2nc3ccccc3n2CC(=O)N(c2ccccc2)C(C)C)cc1. The van der Waals surface area contributed by atoms with E-state index in [4.69, 9.17) is 9.72 Å². The third-order valence-electron chi connectivity index (χ3n) is 6.77. The summed E-state index contributed by atoms with van der Waals surface area (Å²) in [6.45, 7) is 4.95. The van der Waals surface area contributed by atoms with Gasteiger partial charge < -0.3 is 19.5 Å². The first-order valence-corrected chi connectivity index (χ1v) is 13.7. The Morgan fingerprint density at radius 2 is 1.64 bits per heavy atom. The Labute approximate surface area is 230 Å². The molecule has 4 rings (SSSR count). The van der Waals surface area contributed by atoms with Gasteiger partial charge in [-0.3, -0.25) is 9.59 Å². The number of nitrogens with zero attached hydrogens (tertiary/aromatic N) is 3. The Bertz CT molecular complexity index is 1360. The number of hydrogen-bond acceptors (Lipinski definition) is 4. The van der Waals surface area contributed by atoms with Crippen LogP contribution in [0.15, 0.2) is 78.9 Å². The van der Waals surface area contributed by atoms with Gasteiger partial charge in [-0.2, -0.15) is 0 Å². The second-order valence-electron chi connectivity index (χ2n) is 9.98. The predicted molar refractivity (Wildman–Crippen MR) is 156 cm³/mol. The zero-order chi connectivity index (χ0) is 27.6. The average molecular weight is 527 g/mol. The number of para-hydroxylation sites is 3. The van der Waals surface area contributed by atoms with Crippen LogP contribution in [-0.4, -0.2) is 41.1 Å². The Kier molecular flexibility index (Phi) is 9.73. The summed E-state index contributed by atoms with van der Waals surface area (Å²) in [6, 6.07) is 25.4. The minimum absolute atomic E-state index is 0.0218. The van der Waals surface area contributed by atoms with E-state index in [1.165, 1.54) is 0 Å². The Balaban J connectivity index is 1.31. The van der Waals surface area contributed by atoms with Gasteiger partial charge in [0.25, 0.3) is 0 Å². The van der Waals surface area contributed by atoms with Crippen molar-refractivity contribution in [2.24, 2.45) is 0 Å². The highest BCUT2D eigenvalue weighted by molar-refractivity contribution is 5.94. The normalized spacial score (nSPS) is 11.1. The minimum atomic E-state index is 0.0218. The van der Waals surface area contributed by atoms with Crippen molar-refractivity contribution in [1.29, 1.82) is 0 Å². The fourth-order valence-electron chi connectivity index (χ4n) is 4.83. The summed E-state index contributed by atoms with van der Waals surface area (Å²) < 4.78 is 7.23. The molecule has 39 heavy (non-hydrogen) atoms. The summed E-state index contributed by atoms with van der Waals surface area (Å²) in [5, 5.41) is 3.01. The number of nitrogens with one attached hydrogen (secondary N) is 1. The third-order valence-corrected chi connectivity index (χ3v) is 6.77. The van der Waals surface area contributed by atoms with Crippen LogP contribution in [-0.2, 0) is 29.0 Å². The topological polar surface area (TPSA) is 76.5 Å². The van der Waals surface area contributed by atoms with Gasteiger partial charge in [0.05, 0.1) is 24.6 Å². The number of anilines is 1. The Hall–Kier alpha value is -4.13. The minimum Gasteiger partial charge on any atom is -0.497 e. The van der Waals surface area contributed by atoms with E-state index in [9.17, 15) is 9.59 Å². The number of aryl methyl sites for hydroxylation is 1. The molecule has 0 atom stereocenters. The number of unbranched alkanes of at least 4 members (excludes halogenated alkanes) is 2. The molecule has 0 spiro atoms. The molecule has 0 unspecified atom stereocenters. The quantitative estimate of drug-likeness (QED) is 0.232. The van der Waals surface area contributed by atoms with Crippen molar-refractivity contribution < 1.29 is 14.3 Å². The first kappa shape index (κ1) is 27.9. The van der Waals surface area contributed by atoms with E-state index in [0.717, 1.165) is 59.5 Å².